The van der Waals surface area contributed by atoms with Gasteiger partial charge in [0, 0.05) is 13.1 Å². The summed E-state index contributed by atoms with van der Waals surface area (Å²) in [6.07, 6.45) is 1.90. The smallest absolute Gasteiger partial charge is 0.250 e. The Morgan fingerprint density at radius 2 is 2.20 bits per heavy atom. The van der Waals surface area contributed by atoms with Crippen LogP contribution in [0.3, 0.4) is 0 Å². The average Bonchev–Trinajstić information content (AvgIpc) is 2.40. The van der Waals surface area contributed by atoms with Crippen molar-refractivity contribution in [3.63, 3.8) is 0 Å². The summed E-state index contributed by atoms with van der Waals surface area (Å²) in [5.41, 5.74) is 4.82. The predicted octanol–water partition coefficient (Wildman–Crippen LogP) is 1.85. The number of benzene rings is 1. The van der Waals surface area contributed by atoms with E-state index in [0.29, 0.717) is 29.4 Å². The maximum absolute atomic E-state index is 11.3. The van der Waals surface area contributed by atoms with Gasteiger partial charge in [0.25, 0.3) is 5.91 Å². The van der Waals surface area contributed by atoms with Gasteiger partial charge < -0.3 is 10.8 Å². The van der Waals surface area contributed by atoms with E-state index in [4.69, 9.17) is 28.9 Å². The van der Waals surface area contributed by atoms with Crippen LogP contribution in [0.4, 0.5) is 0 Å². The number of hydrogen-bond donors (Lipinski definition) is 2. The van der Waals surface area contributed by atoms with E-state index in [2.05, 4.69) is 0 Å². The zero-order valence-corrected chi connectivity index (χ0v) is 12.6. The Hall–Kier alpha value is -0.810. The molecule has 3 N–H and O–H groups in total. The Bertz CT molecular complexity index is 510. The van der Waals surface area contributed by atoms with Crippen molar-refractivity contribution in [3.8, 4) is 0 Å². The SMILES string of the molecule is NC(=O)[C@@]1(O)CCCN(CCc2cccc(Cl)c2Cl)C1. The number of halogens is 2. The Morgan fingerprint density at radius 1 is 1.45 bits per heavy atom. The first-order chi connectivity index (χ1) is 9.42. The first kappa shape index (κ1) is 15.6. The fraction of sp³-hybridized carbons (Fsp3) is 0.500. The number of nitrogens with two attached hydrogens (primary N) is 1. The molecule has 1 heterocycles. The van der Waals surface area contributed by atoms with Crippen molar-refractivity contribution in [1.29, 1.82) is 0 Å². The van der Waals surface area contributed by atoms with Crippen LogP contribution in [0.15, 0.2) is 18.2 Å². The summed E-state index contributed by atoms with van der Waals surface area (Å²) in [6, 6.07) is 5.54. The van der Waals surface area contributed by atoms with Gasteiger partial charge in [0.1, 0.15) is 0 Å². The minimum Gasteiger partial charge on any atom is -0.379 e. The molecule has 0 bridgehead atoms. The van der Waals surface area contributed by atoms with E-state index < -0.39 is 11.5 Å². The van der Waals surface area contributed by atoms with Crippen LogP contribution in [0.1, 0.15) is 18.4 Å². The summed E-state index contributed by atoms with van der Waals surface area (Å²) in [6.45, 7) is 1.82. The number of piperidine rings is 1. The molecule has 110 valence electrons. The molecule has 0 unspecified atom stereocenters. The number of nitrogens with zero attached hydrogens (tertiary/aromatic N) is 1. The van der Waals surface area contributed by atoms with E-state index in [-0.39, 0.29) is 6.54 Å². The minimum atomic E-state index is -1.41. The van der Waals surface area contributed by atoms with Gasteiger partial charge in [-0.15, -0.1) is 0 Å². The zero-order chi connectivity index (χ0) is 14.8. The Balaban J connectivity index is 1.97. The van der Waals surface area contributed by atoms with Crippen molar-refractivity contribution in [1.82, 2.24) is 4.90 Å². The molecule has 1 amide bonds. The summed E-state index contributed by atoms with van der Waals surface area (Å²) in [5, 5.41) is 11.3. The topological polar surface area (TPSA) is 66.6 Å². The molecule has 1 saturated heterocycles. The van der Waals surface area contributed by atoms with Gasteiger partial charge in [-0.05, 0) is 37.4 Å². The van der Waals surface area contributed by atoms with Gasteiger partial charge in [-0.3, -0.25) is 9.69 Å². The standard InChI is InChI=1S/C14H18Cl2N2O2/c15-11-4-1-3-10(12(11)16)5-8-18-7-2-6-14(20,9-18)13(17)19/h1,3-4,20H,2,5-9H2,(H2,17,19)/t14-/m1/s1. The molecule has 4 nitrogen and oxygen atoms in total. The molecule has 1 fully saturated rings. The Labute approximate surface area is 128 Å². The lowest BCUT2D eigenvalue weighted by Crippen LogP contribution is -2.56. The number of aliphatic hydroxyl groups is 1. The van der Waals surface area contributed by atoms with E-state index in [1.807, 2.05) is 17.0 Å². The fourth-order valence-corrected chi connectivity index (χ4v) is 2.95. The zero-order valence-electron chi connectivity index (χ0n) is 11.1. The average molecular weight is 317 g/mol. The van der Waals surface area contributed by atoms with Crippen LogP contribution in [0.5, 0.6) is 0 Å². The third-order valence-electron chi connectivity index (χ3n) is 3.74. The lowest BCUT2D eigenvalue weighted by atomic mass is 9.92. The molecule has 20 heavy (non-hydrogen) atoms. The van der Waals surface area contributed by atoms with Gasteiger partial charge in [-0.2, -0.15) is 0 Å². The van der Waals surface area contributed by atoms with E-state index in [1.54, 1.807) is 6.07 Å². The molecule has 6 heteroatoms. The van der Waals surface area contributed by atoms with Gasteiger partial charge in [0.2, 0.25) is 0 Å². The quantitative estimate of drug-likeness (QED) is 0.890. The second-order valence-electron chi connectivity index (χ2n) is 5.24. The molecular formula is C14H18Cl2N2O2. The molecule has 0 spiro atoms. The van der Waals surface area contributed by atoms with Crippen molar-refractivity contribution in [3.05, 3.63) is 33.8 Å². The number of rotatable bonds is 4. The normalized spacial score (nSPS) is 23.8. The molecule has 1 aromatic rings. The molecule has 1 aliphatic rings. The van der Waals surface area contributed by atoms with Crippen LogP contribution in [0.2, 0.25) is 10.0 Å². The van der Waals surface area contributed by atoms with Crippen LogP contribution in [0, 0.1) is 0 Å². The monoisotopic (exact) mass is 316 g/mol. The number of carbonyl (C=O) groups is 1. The third kappa shape index (κ3) is 3.44. The van der Waals surface area contributed by atoms with Gasteiger partial charge >= 0.3 is 0 Å². The molecule has 2 rings (SSSR count). The highest BCUT2D eigenvalue weighted by molar-refractivity contribution is 6.42. The van der Waals surface area contributed by atoms with Crippen molar-refractivity contribution < 1.29 is 9.90 Å². The minimum absolute atomic E-state index is 0.278. The Morgan fingerprint density at radius 3 is 2.90 bits per heavy atom. The molecule has 1 aliphatic heterocycles. The Kier molecular flexibility index (Phi) is 4.91. The number of primary amides is 1. The fourth-order valence-electron chi connectivity index (χ4n) is 2.54. The summed E-state index contributed by atoms with van der Waals surface area (Å²) in [5.74, 6) is -0.650. The number of hydrogen-bond acceptors (Lipinski definition) is 3. The lowest BCUT2D eigenvalue weighted by molar-refractivity contribution is -0.142. The second kappa shape index (κ2) is 6.31. The summed E-state index contributed by atoms with van der Waals surface area (Å²) in [7, 11) is 0. The highest BCUT2D eigenvalue weighted by atomic mass is 35.5. The van der Waals surface area contributed by atoms with Crippen LogP contribution >= 0.6 is 23.2 Å². The second-order valence-corrected chi connectivity index (χ2v) is 6.02. The van der Waals surface area contributed by atoms with Crippen LogP contribution in [0.25, 0.3) is 0 Å². The first-order valence-electron chi connectivity index (χ1n) is 6.60. The summed E-state index contributed by atoms with van der Waals surface area (Å²) >= 11 is 12.1. The van der Waals surface area contributed by atoms with E-state index in [9.17, 15) is 9.90 Å². The molecule has 0 aliphatic carbocycles. The number of likely N-dealkylation sites (tertiary alicyclic amines) is 1. The number of β-amino-alcohol motifs (C(OH)–C–C–N with tert-alkyl or cyclic N) is 1. The molecule has 0 radical (unpaired) electrons. The maximum atomic E-state index is 11.3. The molecule has 0 saturated carbocycles. The first-order valence-corrected chi connectivity index (χ1v) is 7.35. The van der Waals surface area contributed by atoms with E-state index in [0.717, 1.165) is 18.5 Å². The van der Waals surface area contributed by atoms with Gasteiger partial charge in [-0.1, -0.05) is 35.3 Å². The highest BCUT2D eigenvalue weighted by Crippen LogP contribution is 2.27. The van der Waals surface area contributed by atoms with Crippen molar-refractivity contribution >= 4 is 29.1 Å². The van der Waals surface area contributed by atoms with Gasteiger partial charge in [-0.25, -0.2) is 0 Å². The van der Waals surface area contributed by atoms with Crippen molar-refractivity contribution in [2.75, 3.05) is 19.6 Å². The van der Waals surface area contributed by atoms with Gasteiger partial charge in [0.15, 0.2) is 5.60 Å². The highest BCUT2D eigenvalue weighted by Gasteiger charge is 2.38. The lowest BCUT2D eigenvalue weighted by Gasteiger charge is -2.37. The summed E-state index contributed by atoms with van der Waals surface area (Å²) < 4.78 is 0. The molecule has 1 aromatic carbocycles. The number of amides is 1. The van der Waals surface area contributed by atoms with Crippen molar-refractivity contribution in [2.45, 2.75) is 24.9 Å². The van der Waals surface area contributed by atoms with Crippen LogP contribution in [-0.4, -0.2) is 41.1 Å². The molecular weight excluding hydrogens is 299 g/mol. The molecule has 1 atom stereocenters. The largest absolute Gasteiger partial charge is 0.379 e. The van der Waals surface area contributed by atoms with E-state index in [1.165, 1.54) is 0 Å². The third-order valence-corrected chi connectivity index (χ3v) is 4.60. The molecule has 0 aromatic heterocycles. The maximum Gasteiger partial charge on any atom is 0.250 e. The predicted molar refractivity (Wildman–Crippen MR) is 80.0 cm³/mol. The number of carbonyl (C=O) groups excluding carboxylic acids is 1. The van der Waals surface area contributed by atoms with Crippen molar-refractivity contribution in [2.24, 2.45) is 5.73 Å². The van der Waals surface area contributed by atoms with Gasteiger partial charge in [0.05, 0.1) is 10.0 Å². The van der Waals surface area contributed by atoms with Crippen LogP contribution in [-0.2, 0) is 11.2 Å². The summed E-state index contributed by atoms with van der Waals surface area (Å²) in [4.78, 5) is 13.3. The van der Waals surface area contributed by atoms with Crippen LogP contribution < -0.4 is 5.73 Å². The van der Waals surface area contributed by atoms with E-state index >= 15 is 0 Å².